The molecule has 4 rings (SSSR count). The zero-order chi connectivity index (χ0) is 15.8. The number of aromatic carboxylic acids is 1. The first-order valence-corrected chi connectivity index (χ1v) is 8.38. The van der Waals surface area contributed by atoms with Crippen LogP contribution in [0.4, 0.5) is 0 Å². The molecule has 0 fully saturated rings. The predicted octanol–water partition coefficient (Wildman–Crippen LogP) is 3.06. The van der Waals surface area contributed by atoms with E-state index in [1.165, 1.54) is 28.0 Å². The average Bonchev–Trinajstić information content (AvgIpc) is 3.22. The van der Waals surface area contributed by atoms with E-state index in [4.69, 9.17) is 5.11 Å². The molecule has 0 radical (unpaired) electrons. The Hall–Kier alpha value is -2.24. The van der Waals surface area contributed by atoms with E-state index in [2.05, 4.69) is 34.2 Å². The number of nitrogens with zero attached hydrogens (tertiary/aromatic N) is 2. The van der Waals surface area contributed by atoms with Gasteiger partial charge < -0.3 is 5.11 Å². The molecule has 23 heavy (non-hydrogen) atoms. The van der Waals surface area contributed by atoms with Crippen molar-refractivity contribution in [2.45, 2.75) is 6.54 Å². The predicted molar refractivity (Wildman–Crippen MR) is 91.4 cm³/mol. The summed E-state index contributed by atoms with van der Waals surface area (Å²) in [5.74, 6) is -0.869. The topological polar surface area (TPSA) is 52.9 Å². The van der Waals surface area contributed by atoms with Crippen LogP contribution < -0.4 is 0 Å². The number of carboxylic acids is 1. The van der Waals surface area contributed by atoms with E-state index in [1.807, 2.05) is 12.1 Å². The maximum absolute atomic E-state index is 11.1. The maximum Gasteiger partial charge on any atom is 0.345 e. The second-order valence-corrected chi connectivity index (χ2v) is 6.93. The third kappa shape index (κ3) is 2.73. The highest BCUT2D eigenvalue weighted by Gasteiger charge is 2.30. The standard InChI is InChI=1S/C18H16N2O2S/c21-18(22)16-7-6-15(23-16)17-14-11-20(10-13(14)8-19-17)9-12-4-2-1-3-5-12/h1-7H,8-11H2,(H,21,22). The average molecular weight is 324 g/mol. The van der Waals surface area contributed by atoms with Crippen LogP contribution in [0.1, 0.15) is 20.1 Å². The lowest BCUT2D eigenvalue weighted by atomic mass is 10.1. The zero-order valence-corrected chi connectivity index (χ0v) is 13.3. The van der Waals surface area contributed by atoms with Gasteiger partial charge in [-0.1, -0.05) is 30.3 Å². The van der Waals surface area contributed by atoms with E-state index in [0.29, 0.717) is 4.88 Å². The van der Waals surface area contributed by atoms with Gasteiger partial charge in [0.1, 0.15) is 4.88 Å². The van der Waals surface area contributed by atoms with Crippen LogP contribution in [-0.2, 0) is 6.54 Å². The van der Waals surface area contributed by atoms with E-state index in [1.54, 1.807) is 6.07 Å². The van der Waals surface area contributed by atoms with Gasteiger partial charge in [-0.3, -0.25) is 9.89 Å². The summed E-state index contributed by atoms with van der Waals surface area (Å²) in [7, 11) is 0. The third-order valence-corrected chi connectivity index (χ3v) is 5.32. The van der Waals surface area contributed by atoms with Crippen molar-refractivity contribution in [3.8, 4) is 0 Å². The normalized spacial score (nSPS) is 17.5. The molecule has 2 aromatic rings. The Balaban J connectivity index is 1.50. The largest absolute Gasteiger partial charge is 0.477 e. The SMILES string of the molecule is O=C(O)c1ccc(C2=NCC3=C2CN(Cc2ccccc2)C3)s1. The van der Waals surface area contributed by atoms with Crippen LogP contribution in [0.2, 0.25) is 0 Å². The molecule has 0 amide bonds. The van der Waals surface area contributed by atoms with Crippen molar-refractivity contribution in [2.24, 2.45) is 4.99 Å². The summed E-state index contributed by atoms with van der Waals surface area (Å²) in [6, 6.07) is 14.0. The van der Waals surface area contributed by atoms with Crippen LogP contribution in [0, 0.1) is 0 Å². The van der Waals surface area contributed by atoms with Gasteiger partial charge in [0.25, 0.3) is 0 Å². The molecule has 3 heterocycles. The Morgan fingerprint density at radius 3 is 2.74 bits per heavy atom. The Morgan fingerprint density at radius 2 is 2.00 bits per heavy atom. The monoisotopic (exact) mass is 324 g/mol. The summed E-state index contributed by atoms with van der Waals surface area (Å²) in [6.45, 7) is 3.53. The first-order valence-electron chi connectivity index (χ1n) is 7.56. The summed E-state index contributed by atoms with van der Waals surface area (Å²) in [4.78, 5) is 19.5. The lowest BCUT2D eigenvalue weighted by Crippen LogP contribution is -2.23. The molecule has 2 aliphatic rings. The number of carboxylic acid groups (broad SMARTS) is 1. The molecule has 0 bridgehead atoms. The van der Waals surface area contributed by atoms with Gasteiger partial charge in [-0.15, -0.1) is 11.3 Å². The van der Waals surface area contributed by atoms with Gasteiger partial charge in [0.15, 0.2) is 0 Å². The summed E-state index contributed by atoms with van der Waals surface area (Å²) in [5, 5.41) is 9.08. The second kappa shape index (κ2) is 5.76. The van der Waals surface area contributed by atoms with Crippen LogP contribution >= 0.6 is 11.3 Å². The second-order valence-electron chi connectivity index (χ2n) is 5.85. The Labute approximate surface area is 138 Å². The van der Waals surface area contributed by atoms with E-state index < -0.39 is 5.97 Å². The van der Waals surface area contributed by atoms with Crippen LogP contribution in [0.3, 0.4) is 0 Å². The number of benzene rings is 1. The van der Waals surface area contributed by atoms with Gasteiger partial charge in [-0.2, -0.15) is 0 Å². The Morgan fingerprint density at radius 1 is 1.17 bits per heavy atom. The molecule has 0 aliphatic carbocycles. The molecule has 0 unspecified atom stereocenters. The van der Waals surface area contributed by atoms with E-state index in [9.17, 15) is 4.79 Å². The quantitative estimate of drug-likeness (QED) is 0.940. The minimum atomic E-state index is -0.869. The van der Waals surface area contributed by atoms with Gasteiger partial charge in [0.05, 0.1) is 17.1 Å². The number of hydrogen-bond donors (Lipinski definition) is 1. The van der Waals surface area contributed by atoms with Crippen LogP contribution in [0.25, 0.3) is 0 Å². The van der Waals surface area contributed by atoms with Gasteiger partial charge >= 0.3 is 5.97 Å². The van der Waals surface area contributed by atoms with Crippen molar-refractivity contribution >= 4 is 23.0 Å². The fraction of sp³-hybridized carbons (Fsp3) is 0.222. The molecule has 0 saturated heterocycles. The van der Waals surface area contributed by atoms with Crippen molar-refractivity contribution in [2.75, 3.05) is 19.6 Å². The smallest absolute Gasteiger partial charge is 0.345 e. The maximum atomic E-state index is 11.1. The fourth-order valence-electron chi connectivity index (χ4n) is 3.17. The lowest BCUT2D eigenvalue weighted by molar-refractivity contribution is 0.0702. The molecule has 1 aromatic carbocycles. The highest BCUT2D eigenvalue weighted by molar-refractivity contribution is 7.16. The van der Waals surface area contributed by atoms with E-state index in [-0.39, 0.29) is 0 Å². The minimum Gasteiger partial charge on any atom is -0.477 e. The number of hydrogen-bond acceptors (Lipinski definition) is 4. The zero-order valence-electron chi connectivity index (χ0n) is 12.5. The van der Waals surface area contributed by atoms with Crippen molar-refractivity contribution in [1.29, 1.82) is 0 Å². The highest BCUT2D eigenvalue weighted by atomic mass is 32.1. The summed E-state index contributed by atoms with van der Waals surface area (Å²) in [5.41, 5.74) is 4.98. The number of carbonyl (C=O) groups is 1. The van der Waals surface area contributed by atoms with Crippen LogP contribution in [-0.4, -0.2) is 41.3 Å². The van der Waals surface area contributed by atoms with Gasteiger partial charge in [-0.05, 0) is 28.8 Å². The Kier molecular flexibility index (Phi) is 3.59. The molecular weight excluding hydrogens is 308 g/mol. The molecule has 1 aromatic heterocycles. The molecule has 116 valence electrons. The molecule has 5 heteroatoms. The molecule has 0 saturated carbocycles. The van der Waals surface area contributed by atoms with Gasteiger partial charge in [0.2, 0.25) is 0 Å². The molecular formula is C18H16N2O2S. The van der Waals surface area contributed by atoms with Crippen LogP contribution in [0.15, 0.2) is 58.6 Å². The third-order valence-electron chi connectivity index (χ3n) is 4.24. The molecule has 2 aliphatic heterocycles. The fourth-order valence-corrected chi connectivity index (χ4v) is 4.06. The summed E-state index contributed by atoms with van der Waals surface area (Å²) >= 11 is 1.31. The summed E-state index contributed by atoms with van der Waals surface area (Å²) < 4.78 is 0. The molecule has 0 spiro atoms. The van der Waals surface area contributed by atoms with Gasteiger partial charge in [0, 0.05) is 19.6 Å². The van der Waals surface area contributed by atoms with Crippen molar-refractivity contribution in [3.05, 3.63) is 68.9 Å². The van der Waals surface area contributed by atoms with Crippen LogP contribution in [0.5, 0.6) is 0 Å². The first kappa shape index (κ1) is 14.4. The van der Waals surface area contributed by atoms with Crippen molar-refractivity contribution in [3.63, 3.8) is 0 Å². The van der Waals surface area contributed by atoms with Crippen molar-refractivity contribution in [1.82, 2.24) is 4.90 Å². The Bertz CT molecular complexity index is 821. The summed E-state index contributed by atoms with van der Waals surface area (Å²) in [6.07, 6.45) is 0. The first-order chi connectivity index (χ1) is 11.2. The highest BCUT2D eigenvalue weighted by Crippen LogP contribution is 2.31. The molecule has 1 N–H and O–H groups in total. The minimum absolute atomic E-state index is 0.371. The number of aliphatic imine (C=N–C) groups is 1. The van der Waals surface area contributed by atoms with Gasteiger partial charge in [-0.25, -0.2) is 4.79 Å². The lowest BCUT2D eigenvalue weighted by Gasteiger charge is -2.17. The van der Waals surface area contributed by atoms with Crippen molar-refractivity contribution < 1.29 is 9.90 Å². The van der Waals surface area contributed by atoms with E-state index >= 15 is 0 Å². The molecule has 0 atom stereocenters. The number of thiophene rings is 1. The number of rotatable bonds is 4. The molecule has 4 nitrogen and oxygen atoms in total. The van der Waals surface area contributed by atoms with E-state index in [0.717, 1.165) is 36.8 Å².